The van der Waals surface area contributed by atoms with E-state index in [1.807, 2.05) is 0 Å². The third-order valence-electron chi connectivity index (χ3n) is 4.36. The molecule has 0 unspecified atom stereocenters. The summed E-state index contributed by atoms with van der Waals surface area (Å²) in [6.07, 6.45) is 2.30. The topological polar surface area (TPSA) is 78.8 Å². The lowest BCUT2D eigenvalue weighted by Crippen LogP contribution is -2.29. The zero-order chi connectivity index (χ0) is 22.4. The van der Waals surface area contributed by atoms with E-state index in [1.54, 1.807) is 36.4 Å². The van der Waals surface area contributed by atoms with Crippen molar-refractivity contribution in [2.75, 3.05) is 10.6 Å². The molecular formula is C22H19ClFN3O3S. The molecule has 0 radical (unpaired) electrons. The summed E-state index contributed by atoms with van der Waals surface area (Å²) in [6.45, 7) is 0.0526. The number of anilines is 1. The van der Waals surface area contributed by atoms with Gasteiger partial charge in [0.1, 0.15) is 5.82 Å². The standard InChI is InChI=1S/C22H19ClFN3O3S/c1-31(29,30)27(15-18-7-2-4-8-20(18)23)19-12-10-16(11-13-19)22(28)26-25-14-17-6-3-5-9-21(17)24/h2-14H,15H2,1H3,(H,26,28)/b25-14-. The number of sulfonamides is 1. The summed E-state index contributed by atoms with van der Waals surface area (Å²) in [6, 6.07) is 19.0. The maximum Gasteiger partial charge on any atom is 0.271 e. The van der Waals surface area contributed by atoms with Crippen LogP contribution in [0.4, 0.5) is 10.1 Å². The summed E-state index contributed by atoms with van der Waals surface area (Å²) < 4.78 is 39.4. The molecule has 1 amide bonds. The number of nitrogens with zero attached hydrogens (tertiary/aromatic N) is 2. The highest BCUT2D eigenvalue weighted by Crippen LogP contribution is 2.24. The van der Waals surface area contributed by atoms with Gasteiger partial charge in [-0.25, -0.2) is 18.2 Å². The molecule has 0 aliphatic rings. The monoisotopic (exact) mass is 459 g/mol. The Morgan fingerprint density at radius 1 is 1.06 bits per heavy atom. The molecule has 0 spiro atoms. The number of amides is 1. The van der Waals surface area contributed by atoms with Crippen molar-refractivity contribution in [3.63, 3.8) is 0 Å². The third-order valence-corrected chi connectivity index (χ3v) is 5.87. The van der Waals surface area contributed by atoms with Crippen LogP contribution in [0.1, 0.15) is 21.5 Å². The zero-order valence-corrected chi connectivity index (χ0v) is 18.1. The number of rotatable bonds is 7. The molecule has 1 N–H and O–H groups in total. The summed E-state index contributed by atoms with van der Waals surface area (Å²) in [5, 5.41) is 4.21. The lowest BCUT2D eigenvalue weighted by atomic mass is 10.2. The fourth-order valence-electron chi connectivity index (χ4n) is 2.77. The second kappa shape index (κ2) is 9.72. The number of hydrogen-bond donors (Lipinski definition) is 1. The van der Waals surface area contributed by atoms with Crippen LogP contribution < -0.4 is 9.73 Å². The molecule has 9 heteroatoms. The van der Waals surface area contributed by atoms with Gasteiger partial charge in [-0.3, -0.25) is 9.10 Å². The Balaban J connectivity index is 1.74. The molecule has 0 heterocycles. The highest BCUT2D eigenvalue weighted by molar-refractivity contribution is 7.92. The zero-order valence-electron chi connectivity index (χ0n) is 16.5. The highest BCUT2D eigenvalue weighted by Gasteiger charge is 2.19. The Labute approximate surface area is 185 Å². The smallest absolute Gasteiger partial charge is 0.267 e. The van der Waals surface area contributed by atoms with Gasteiger partial charge in [-0.1, -0.05) is 48.0 Å². The van der Waals surface area contributed by atoms with E-state index in [4.69, 9.17) is 11.6 Å². The minimum Gasteiger partial charge on any atom is -0.267 e. The fraction of sp³-hybridized carbons (Fsp3) is 0.0909. The Morgan fingerprint density at radius 2 is 1.71 bits per heavy atom. The van der Waals surface area contributed by atoms with Gasteiger partial charge in [0.15, 0.2) is 0 Å². The average molecular weight is 460 g/mol. The molecule has 0 aliphatic carbocycles. The first-order valence-electron chi connectivity index (χ1n) is 9.15. The minimum absolute atomic E-state index is 0.0526. The molecule has 160 valence electrons. The Kier molecular flexibility index (Phi) is 7.04. The normalized spacial score (nSPS) is 11.5. The van der Waals surface area contributed by atoms with Gasteiger partial charge >= 0.3 is 0 Å². The van der Waals surface area contributed by atoms with Gasteiger partial charge in [0.25, 0.3) is 5.91 Å². The minimum atomic E-state index is -3.60. The number of nitrogens with one attached hydrogen (secondary N) is 1. The molecule has 0 aromatic heterocycles. The number of carbonyl (C=O) groups is 1. The van der Waals surface area contributed by atoms with Gasteiger partial charge in [-0.15, -0.1) is 0 Å². The van der Waals surface area contributed by atoms with E-state index < -0.39 is 21.7 Å². The van der Waals surface area contributed by atoms with E-state index in [2.05, 4.69) is 10.5 Å². The molecule has 0 bridgehead atoms. The molecule has 0 saturated heterocycles. The molecule has 0 fully saturated rings. The SMILES string of the molecule is CS(=O)(=O)N(Cc1ccccc1Cl)c1ccc(C(=O)N/N=C\c2ccccc2F)cc1. The van der Waals surface area contributed by atoms with Crippen LogP contribution in [-0.2, 0) is 16.6 Å². The maximum absolute atomic E-state index is 13.6. The molecule has 3 rings (SSSR count). The van der Waals surface area contributed by atoms with Crippen molar-refractivity contribution in [3.05, 3.63) is 100 Å². The second-order valence-corrected chi connectivity index (χ2v) is 8.94. The number of carbonyl (C=O) groups excluding carboxylic acids is 1. The third kappa shape index (κ3) is 5.90. The fourth-order valence-corrected chi connectivity index (χ4v) is 3.84. The first-order chi connectivity index (χ1) is 14.8. The van der Waals surface area contributed by atoms with E-state index in [0.717, 1.165) is 6.26 Å². The van der Waals surface area contributed by atoms with E-state index >= 15 is 0 Å². The first-order valence-corrected chi connectivity index (χ1v) is 11.4. The van der Waals surface area contributed by atoms with Crippen LogP contribution in [-0.4, -0.2) is 26.8 Å². The van der Waals surface area contributed by atoms with Crippen molar-refractivity contribution in [1.29, 1.82) is 0 Å². The summed E-state index contributed by atoms with van der Waals surface area (Å²) in [4.78, 5) is 12.3. The summed E-state index contributed by atoms with van der Waals surface area (Å²) in [5.41, 5.74) is 3.85. The van der Waals surface area contributed by atoms with Gasteiger partial charge < -0.3 is 0 Å². The lowest BCUT2D eigenvalue weighted by molar-refractivity contribution is 0.0955. The summed E-state index contributed by atoms with van der Waals surface area (Å²) in [7, 11) is -3.60. The van der Waals surface area contributed by atoms with Gasteiger partial charge in [0.05, 0.1) is 24.7 Å². The van der Waals surface area contributed by atoms with Gasteiger partial charge in [0, 0.05) is 16.1 Å². The van der Waals surface area contributed by atoms with Crippen molar-refractivity contribution >= 4 is 39.4 Å². The van der Waals surface area contributed by atoms with Gasteiger partial charge in [-0.2, -0.15) is 5.10 Å². The van der Waals surface area contributed by atoms with Gasteiger partial charge in [0.2, 0.25) is 10.0 Å². The number of benzene rings is 3. The van der Waals surface area contributed by atoms with Crippen LogP contribution in [0.5, 0.6) is 0 Å². The van der Waals surface area contributed by atoms with Crippen LogP contribution in [0.25, 0.3) is 0 Å². The largest absolute Gasteiger partial charge is 0.271 e. The quantitative estimate of drug-likeness (QED) is 0.424. The highest BCUT2D eigenvalue weighted by atomic mass is 35.5. The summed E-state index contributed by atoms with van der Waals surface area (Å²) >= 11 is 6.16. The van der Waals surface area contributed by atoms with Crippen LogP contribution in [0, 0.1) is 5.82 Å². The van der Waals surface area contributed by atoms with Crippen LogP contribution in [0.3, 0.4) is 0 Å². The molecule has 0 atom stereocenters. The molecule has 3 aromatic rings. The predicted molar refractivity (Wildman–Crippen MR) is 120 cm³/mol. The number of hydrazone groups is 1. The maximum atomic E-state index is 13.6. The number of halogens is 2. The molecular weight excluding hydrogens is 441 g/mol. The first kappa shape index (κ1) is 22.5. The predicted octanol–water partition coefficient (Wildman–Crippen LogP) is 4.21. The van der Waals surface area contributed by atoms with E-state index in [0.29, 0.717) is 16.3 Å². The molecule has 31 heavy (non-hydrogen) atoms. The summed E-state index contributed by atoms with van der Waals surface area (Å²) in [5.74, 6) is -0.972. The van der Waals surface area contributed by atoms with E-state index in [1.165, 1.54) is 46.9 Å². The Bertz CT molecular complexity index is 1210. The van der Waals surface area contributed by atoms with Crippen molar-refractivity contribution in [2.45, 2.75) is 6.54 Å². The average Bonchev–Trinajstić information content (AvgIpc) is 2.74. The van der Waals surface area contributed by atoms with Crippen LogP contribution in [0.2, 0.25) is 5.02 Å². The lowest BCUT2D eigenvalue weighted by Gasteiger charge is -2.23. The van der Waals surface area contributed by atoms with Crippen molar-refractivity contribution < 1.29 is 17.6 Å². The number of hydrogen-bond acceptors (Lipinski definition) is 4. The van der Waals surface area contributed by atoms with Gasteiger partial charge in [-0.05, 0) is 42.0 Å². The Hall–Kier alpha value is -3.23. The molecule has 3 aromatic carbocycles. The van der Waals surface area contributed by atoms with E-state index in [9.17, 15) is 17.6 Å². The second-order valence-electron chi connectivity index (χ2n) is 6.63. The van der Waals surface area contributed by atoms with Crippen LogP contribution >= 0.6 is 11.6 Å². The molecule has 0 saturated carbocycles. The Morgan fingerprint density at radius 3 is 2.35 bits per heavy atom. The van der Waals surface area contributed by atoms with Crippen LogP contribution in [0.15, 0.2) is 77.9 Å². The van der Waals surface area contributed by atoms with Crippen molar-refractivity contribution in [1.82, 2.24) is 5.43 Å². The van der Waals surface area contributed by atoms with E-state index in [-0.39, 0.29) is 17.7 Å². The van der Waals surface area contributed by atoms with Crippen molar-refractivity contribution in [2.24, 2.45) is 5.10 Å². The van der Waals surface area contributed by atoms with Crippen molar-refractivity contribution in [3.8, 4) is 0 Å². The molecule has 6 nitrogen and oxygen atoms in total. The molecule has 0 aliphatic heterocycles.